The lowest BCUT2D eigenvalue weighted by Crippen LogP contribution is -2.44. The molecule has 1 spiro atoms. The van der Waals surface area contributed by atoms with Crippen molar-refractivity contribution < 1.29 is 0 Å². The van der Waals surface area contributed by atoms with Crippen LogP contribution in [0.1, 0.15) is 88.5 Å². The highest BCUT2D eigenvalue weighted by atomic mass is 32.2. The van der Waals surface area contributed by atoms with Crippen LogP contribution in [0.4, 0.5) is 17.1 Å². The molecule has 2 heteroatoms. The first-order chi connectivity index (χ1) is 22.7. The number of hydrogen-bond donors (Lipinski definition) is 0. The van der Waals surface area contributed by atoms with E-state index in [0.717, 1.165) is 23.7 Å². The molecule has 0 saturated heterocycles. The van der Waals surface area contributed by atoms with Crippen molar-refractivity contribution in [2.75, 3.05) is 4.90 Å². The molecule has 11 rings (SSSR count). The van der Waals surface area contributed by atoms with Gasteiger partial charge in [0.1, 0.15) is 0 Å². The minimum absolute atomic E-state index is 0.0875. The van der Waals surface area contributed by atoms with Gasteiger partial charge >= 0.3 is 0 Å². The fraction of sp³-hybridized carbons (Fsp3) is 0.378. The first-order valence-electron chi connectivity index (χ1n) is 18.1. The Morgan fingerprint density at radius 2 is 1.32 bits per heavy atom. The molecule has 1 heterocycles. The van der Waals surface area contributed by atoms with Gasteiger partial charge in [-0.2, -0.15) is 0 Å². The Hall–Kier alpha value is -3.49. The molecule has 0 radical (unpaired) electrons. The summed E-state index contributed by atoms with van der Waals surface area (Å²) in [4.78, 5) is 5.62. The fourth-order valence-electron chi connectivity index (χ4n) is 11.5. The molecule has 5 aromatic carbocycles. The molecule has 1 nitrogen and oxygen atoms in total. The van der Waals surface area contributed by atoms with Gasteiger partial charge in [0.05, 0.1) is 5.69 Å². The summed E-state index contributed by atoms with van der Waals surface area (Å²) < 4.78 is 0. The lowest BCUT2D eigenvalue weighted by Gasteiger charge is -2.49. The van der Waals surface area contributed by atoms with E-state index >= 15 is 0 Å². The minimum atomic E-state index is 0.0875. The second kappa shape index (κ2) is 9.79. The Labute approximate surface area is 284 Å². The zero-order valence-corrected chi connectivity index (χ0v) is 29.0. The van der Waals surface area contributed by atoms with Crippen molar-refractivity contribution in [2.45, 2.75) is 92.3 Å². The zero-order chi connectivity index (χ0) is 31.7. The van der Waals surface area contributed by atoms with Gasteiger partial charge in [-0.3, -0.25) is 0 Å². The highest BCUT2D eigenvalue weighted by molar-refractivity contribution is 7.99. The van der Waals surface area contributed by atoms with Crippen molar-refractivity contribution >= 4 is 39.6 Å². The van der Waals surface area contributed by atoms with Crippen molar-refractivity contribution in [2.24, 2.45) is 23.7 Å². The maximum Gasteiger partial charge on any atom is 0.0502 e. The molecule has 4 fully saturated rings. The maximum atomic E-state index is 2.67. The molecule has 0 amide bonds. The zero-order valence-electron chi connectivity index (χ0n) is 28.2. The van der Waals surface area contributed by atoms with E-state index in [2.05, 4.69) is 136 Å². The van der Waals surface area contributed by atoms with Crippen molar-refractivity contribution in [3.05, 3.63) is 125 Å². The minimum Gasteiger partial charge on any atom is -0.310 e. The highest BCUT2D eigenvalue weighted by Crippen LogP contribution is 2.72. The van der Waals surface area contributed by atoms with Crippen LogP contribution in [0.15, 0.2) is 113 Å². The lowest BCUT2D eigenvalue weighted by atomic mass is 9.57. The number of nitrogens with zero attached hydrogens (tertiary/aromatic N) is 1. The lowest BCUT2D eigenvalue weighted by molar-refractivity contribution is 0.181. The molecule has 6 aliphatic rings. The van der Waals surface area contributed by atoms with E-state index in [0.29, 0.717) is 0 Å². The Morgan fingerprint density at radius 3 is 2.19 bits per heavy atom. The summed E-state index contributed by atoms with van der Waals surface area (Å²) in [6, 6.07) is 40.2. The smallest absolute Gasteiger partial charge is 0.0502 e. The SMILES string of the molecule is CC1(C)CCC(C)(C)c2c(N(c3ccc4c(c3)C3(c5ccccc5S4)C4CC5CC(C4)C3C5)c3ccc4ccccc4c3)cccc21. The van der Waals surface area contributed by atoms with Crippen molar-refractivity contribution in [1.82, 2.24) is 0 Å². The summed E-state index contributed by atoms with van der Waals surface area (Å²) in [5.74, 6) is 3.34. The summed E-state index contributed by atoms with van der Waals surface area (Å²) in [6.45, 7) is 9.85. The first kappa shape index (κ1) is 28.5. The van der Waals surface area contributed by atoms with Crippen LogP contribution in [-0.4, -0.2) is 0 Å². The number of hydrogen-bond acceptors (Lipinski definition) is 2. The second-order valence-electron chi connectivity index (χ2n) is 16.9. The van der Waals surface area contributed by atoms with E-state index in [4.69, 9.17) is 0 Å². The van der Waals surface area contributed by atoms with Crippen LogP contribution in [0.3, 0.4) is 0 Å². The fourth-order valence-corrected chi connectivity index (χ4v) is 12.7. The van der Waals surface area contributed by atoms with Crippen LogP contribution < -0.4 is 4.90 Å². The summed E-state index contributed by atoms with van der Waals surface area (Å²) in [7, 11) is 0. The van der Waals surface area contributed by atoms with Crippen LogP contribution in [0.2, 0.25) is 0 Å². The Kier molecular flexibility index (Phi) is 5.94. The third kappa shape index (κ3) is 3.91. The van der Waals surface area contributed by atoms with E-state index in [1.54, 1.807) is 11.1 Å². The highest BCUT2D eigenvalue weighted by Gasteiger charge is 2.65. The van der Waals surface area contributed by atoms with Gasteiger partial charge in [0.15, 0.2) is 0 Å². The molecule has 4 saturated carbocycles. The van der Waals surface area contributed by atoms with Crippen LogP contribution in [-0.2, 0) is 16.2 Å². The van der Waals surface area contributed by atoms with Gasteiger partial charge in [-0.15, -0.1) is 0 Å². The molecule has 0 aromatic heterocycles. The predicted molar refractivity (Wildman–Crippen MR) is 198 cm³/mol. The average Bonchev–Trinajstić information content (AvgIpc) is 3.49. The molecular weight excluding hydrogens is 587 g/mol. The first-order valence-corrected chi connectivity index (χ1v) is 18.9. The molecule has 236 valence electrons. The molecule has 5 atom stereocenters. The van der Waals surface area contributed by atoms with Gasteiger partial charge < -0.3 is 4.90 Å². The van der Waals surface area contributed by atoms with Gasteiger partial charge in [-0.05, 0) is 149 Å². The molecule has 47 heavy (non-hydrogen) atoms. The van der Waals surface area contributed by atoms with Gasteiger partial charge in [-0.1, -0.05) is 100 Å². The molecule has 5 aliphatic carbocycles. The molecule has 1 aliphatic heterocycles. The van der Waals surface area contributed by atoms with Crippen molar-refractivity contribution in [3.63, 3.8) is 0 Å². The monoisotopic (exact) mass is 631 g/mol. The van der Waals surface area contributed by atoms with Gasteiger partial charge in [0.25, 0.3) is 0 Å². The topological polar surface area (TPSA) is 3.24 Å². The van der Waals surface area contributed by atoms with E-state index < -0.39 is 0 Å². The Bertz CT molecular complexity index is 2080. The van der Waals surface area contributed by atoms with Crippen molar-refractivity contribution in [3.8, 4) is 0 Å². The number of rotatable bonds is 3. The molecule has 5 aromatic rings. The van der Waals surface area contributed by atoms with E-state index in [-0.39, 0.29) is 16.2 Å². The average molecular weight is 632 g/mol. The van der Waals surface area contributed by atoms with Gasteiger partial charge in [0.2, 0.25) is 0 Å². The van der Waals surface area contributed by atoms with Crippen LogP contribution >= 0.6 is 11.8 Å². The predicted octanol–water partition coefficient (Wildman–Crippen LogP) is 12.5. The quantitative estimate of drug-likeness (QED) is 0.195. The standard InChI is InChI=1S/C45H45NS/c1-43(2)20-21-44(3,4)42-36(43)13-9-14-39(42)46(33-17-16-29-10-5-6-11-30(29)26-33)34-18-19-41-38(27-34)45(35-12-7-8-15-40(35)47-41)32-23-28-22-31(25-32)37(45)24-28/h5-19,26-28,31-32,37H,20-25H2,1-4H3. The Balaban J connectivity index is 1.24. The van der Waals surface area contributed by atoms with E-state index in [1.807, 2.05) is 11.8 Å². The normalized spacial score (nSPS) is 28.7. The maximum absolute atomic E-state index is 2.67. The number of fused-ring (bicyclic) bond motifs is 4. The van der Waals surface area contributed by atoms with Crippen LogP contribution in [0.25, 0.3) is 10.8 Å². The molecule has 4 bridgehead atoms. The number of anilines is 3. The molecule has 0 N–H and O–H groups in total. The van der Waals surface area contributed by atoms with Crippen LogP contribution in [0, 0.1) is 23.7 Å². The van der Waals surface area contributed by atoms with Crippen LogP contribution in [0.5, 0.6) is 0 Å². The summed E-state index contributed by atoms with van der Waals surface area (Å²) in [5.41, 5.74) is 10.6. The number of benzene rings is 5. The van der Waals surface area contributed by atoms with E-state index in [9.17, 15) is 0 Å². The third-order valence-electron chi connectivity index (χ3n) is 13.5. The molecule has 5 unspecified atom stereocenters. The van der Waals surface area contributed by atoms with E-state index in [1.165, 1.54) is 87.3 Å². The molecular formula is C45H45NS. The summed E-state index contributed by atoms with van der Waals surface area (Å²) in [6.07, 6.45) is 8.09. The third-order valence-corrected chi connectivity index (χ3v) is 14.7. The van der Waals surface area contributed by atoms with Crippen molar-refractivity contribution in [1.29, 1.82) is 0 Å². The summed E-state index contributed by atoms with van der Waals surface area (Å²) in [5, 5.41) is 2.59. The summed E-state index contributed by atoms with van der Waals surface area (Å²) >= 11 is 2.01. The van der Waals surface area contributed by atoms with Gasteiger partial charge in [-0.25, -0.2) is 0 Å². The largest absolute Gasteiger partial charge is 0.310 e. The Morgan fingerprint density at radius 1 is 0.596 bits per heavy atom. The second-order valence-corrected chi connectivity index (χ2v) is 17.9. The van der Waals surface area contributed by atoms with Gasteiger partial charge in [0, 0.05) is 26.6 Å².